The first-order chi connectivity index (χ1) is 9.59. The second-order valence-electron chi connectivity index (χ2n) is 6.36. The van der Waals surface area contributed by atoms with Crippen molar-refractivity contribution in [1.29, 1.82) is 0 Å². The predicted molar refractivity (Wildman–Crippen MR) is 80.3 cm³/mol. The van der Waals surface area contributed by atoms with Crippen molar-refractivity contribution in [2.24, 2.45) is 0 Å². The molecule has 21 heavy (non-hydrogen) atoms. The molecule has 0 N–H and O–H groups in total. The summed E-state index contributed by atoms with van der Waals surface area (Å²) in [5.74, 6) is 0. The van der Waals surface area contributed by atoms with Gasteiger partial charge in [0.1, 0.15) is 0 Å². The number of hydrogen-bond acceptors (Lipinski definition) is 0. The summed E-state index contributed by atoms with van der Waals surface area (Å²) < 4.78 is 38.3. The van der Waals surface area contributed by atoms with Gasteiger partial charge < -0.3 is 0 Å². The van der Waals surface area contributed by atoms with Crippen molar-refractivity contribution in [3.05, 3.63) is 59.2 Å². The van der Waals surface area contributed by atoms with Crippen LogP contribution in [0.15, 0.2) is 42.5 Å². The highest BCUT2D eigenvalue weighted by molar-refractivity contribution is 5.66. The molecule has 2 aromatic rings. The minimum Gasteiger partial charge on any atom is -0.166 e. The second-order valence-corrected chi connectivity index (χ2v) is 6.36. The van der Waals surface area contributed by atoms with Gasteiger partial charge in [-0.3, -0.25) is 0 Å². The third-order valence-electron chi connectivity index (χ3n) is 3.56. The molecule has 0 bridgehead atoms. The highest BCUT2D eigenvalue weighted by Crippen LogP contribution is 2.34. The Morgan fingerprint density at radius 1 is 0.810 bits per heavy atom. The molecule has 0 aliphatic heterocycles. The molecule has 0 spiro atoms. The summed E-state index contributed by atoms with van der Waals surface area (Å²) in [6.45, 7) is 8.37. The van der Waals surface area contributed by atoms with Crippen molar-refractivity contribution in [1.82, 2.24) is 0 Å². The van der Waals surface area contributed by atoms with Crippen LogP contribution in [0.1, 0.15) is 37.5 Å². The molecule has 0 saturated heterocycles. The number of benzene rings is 2. The minimum absolute atomic E-state index is 0.0242. The quantitative estimate of drug-likeness (QED) is 0.606. The molecule has 0 fully saturated rings. The summed E-state index contributed by atoms with van der Waals surface area (Å²) in [5.41, 5.74) is 3.12. The molecular weight excluding hydrogens is 273 g/mol. The lowest BCUT2D eigenvalue weighted by molar-refractivity contribution is -0.137. The van der Waals surface area contributed by atoms with Crippen LogP contribution in [0, 0.1) is 6.92 Å². The fraction of sp³-hybridized carbons (Fsp3) is 0.333. The van der Waals surface area contributed by atoms with Crippen LogP contribution >= 0.6 is 0 Å². The van der Waals surface area contributed by atoms with Crippen LogP contribution in [0.4, 0.5) is 13.2 Å². The molecule has 0 amide bonds. The van der Waals surface area contributed by atoms with Gasteiger partial charge in [0.05, 0.1) is 5.56 Å². The van der Waals surface area contributed by atoms with Crippen molar-refractivity contribution in [2.45, 2.75) is 39.3 Å². The summed E-state index contributed by atoms with van der Waals surface area (Å²) >= 11 is 0. The molecule has 0 aliphatic rings. The molecule has 2 aromatic carbocycles. The molecule has 2 rings (SSSR count). The maximum absolute atomic E-state index is 12.8. The van der Waals surface area contributed by atoms with Crippen molar-refractivity contribution >= 4 is 0 Å². The van der Waals surface area contributed by atoms with E-state index < -0.39 is 11.7 Å². The lowest BCUT2D eigenvalue weighted by atomic mass is 9.83. The highest BCUT2D eigenvalue weighted by atomic mass is 19.4. The SMILES string of the molecule is Cc1cc(-c2cccc(C(F)(F)F)c2)ccc1C(C)(C)C. The molecule has 0 saturated carbocycles. The molecule has 0 aliphatic carbocycles. The van der Waals surface area contributed by atoms with Crippen LogP contribution in [-0.4, -0.2) is 0 Å². The zero-order valence-electron chi connectivity index (χ0n) is 12.7. The first kappa shape index (κ1) is 15.6. The van der Waals surface area contributed by atoms with Crippen LogP contribution in [0.5, 0.6) is 0 Å². The summed E-state index contributed by atoms with van der Waals surface area (Å²) in [5, 5.41) is 0. The average molecular weight is 292 g/mol. The van der Waals surface area contributed by atoms with E-state index in [4.69, 9.17) is 0 Å². The molecule has 3 heteroatoms. The normalized spacial score (nSPS) is 12.5. The minimum atomic E-state index is -4.31. The lowest BCUT2D eigenvalue weighted by Crippen LogP contribution is -2.12. The third-order valence-corrected chi connectivity index (χ3v) is 3.56. The molecule has 112 valence electrons. The lowest BCUT2D eigenvalue weighted by Gasteiger charge is -2.22. The average Bonchev–Trinajstić information content (AvgIpc) is 2.36. The van der Waals surface area contributed by atoms with E-state index in [0.717, 1.165) is 17.2 Å². The predicted octanol–water partition coefficient (Wildman–Crippen LogP) is 5.98. The van der Waals surface area contributed by atoms with Gasteiger partial charge in [0, 0.05) is 0 Å². The van der Waals surface area contributed by atoms with Crippen molar-refractivity contribution < 1.29 is 13.2 Å². The summed E-state index contributed by atoms with van der Waals surface area (Å²) in [4.78, 5) is 0. The third kappa shape index (κ3) is 3.46. The first-order valence-corrected chi connectivity index (χ1v) is 6.88. The molecular formula is C18H19F3. The maximum Gasteiger partial charge on any atom is 0.416 e. The van der Waals surface area contributed by atoms with Crippen LogP contribution < -0.4 is 0 Å². The van der Waals surface area contributed by atoms with E-state index in [9.17, 15) is 13.2 Å². The van der Waals surface area contributed by atoms with Gasteiger partial charge in [0.25, 0.3) is 0 Å². The molecule has 0 radical (unpaired) electrons. The van der Waals surface area contributed by atoms with Gasteiger partial charge in [-0.1, -0.05) is 51.1 Å². The van der Waals surface area contributed by atoms with E-state index in [1.54, 1.807) is 6.07 Å². The Labute approximate surface area is 123 Å². The fourth-order valence-electron chi connectivity index (χ4n) is 2.56. The fourth-order valence-corrected chi connectivity index (χ4v) is 2.56. The Hall–Kier alpha value is -1.77. The molecule has 0 atom stereocenters. The topological polar surface area (TPSA) is 0 Å². The first-order valence-electron chi connectivity index (χ1n) is 6.88. The number of aryl methyl sites for hydroxylation is 1. The van der Waals surface area contributed by atoms with Crippen molar-refractivity contribution in [3.63, 3.8) is 0 Å². The van der Waals surface area contributed by atoms with Crippen molar-refractivity contribution in [2.75, 3.05) is 0 Å². The van der Waals surface area contributed by atoms with Crippen LogP contribution in [0.25, 0.3) is 11.1 Å². The van der Waals surface area contributed by atoms with Crippen molar-refractivity contribution in [3.8, 4) is 11.1 Å². The van der Waals surface area contributed by atoms with Crippen LogP contribution in [0.2, 0.25) is 0 Å². The van der Waals surface area contributed by atoms with Gasteiger partial charge in [0.15, 0.2) is 0 Å². The van der Waals surface area contributed by atoms with Gasteiger partial charge >= 0.3 is 6.18 Å². The Morgan fingerprint density at radius 2 is 1.43 bits per heavy atom. The van der Waals surface area contributed by atoms with E-state index in [0.29, 0.717) is 5.56 Å². The van der Waals surface area contributed by atoms with E-state index in [2.05, 4.69) is 20.8 Å². The molecule has 0 unspecified atom stereocenters. The van der Waals surface area contributed by atoms with Gasteiger partial charge in [-0.05, 0) is 46.7 Å². The molecule has 0 nitrogen and oxygen atoms in total. The molecule has 0 heterocycles. The van der Waals surface area contributed by atoms with Crippen LogP contribution in [0.3, 0.4) is 0 Å². The Balaban J connectivity index is 2.47. The van der Waals surface area contributed by atoms with E-state index in [1.165, 1.54) is 17.7 Å². The standard InChI is InChI=1S/C18H19F3/c1-12-10-14(8-9-16(12)17(2,3)4)13-6-5-7-15(11-13)18(19,20)21/h5-11H,1-4H3. The summed E-state index contributed by atoms with van der Waals surface area (Å²) in [6.07, 6.45) is -4.31. The second kappa shape index (κ2) is 5.21. The maximum atomic E-state index is 12.8. The zero-order chi connectivity index (χ0) is 15.8. The monoisotopic (exact) mass is 292 g/mol. The van der Waals surface area contributed by atoms with E-state index in [-0.39, 0.29) is 5.41 Å². The summed E-state index contributed by atoms with van der Waals surface area (Å²) in [7, 11) is 0. The number of halogens is 3. The Morgan fingerprint density at radius 3 is 1.95 bits per heavy atom. The van der Waals surface area contributed by atoms with Gasteiger partial charge in [-0.25, -0.2) is 0 Å². The molecule has 0 aromatic heterocycles. The Bertz CT molecular complexity index is 646. The smallest absolute Gasteiger partial charge is 0.166 e. The van der Waals surface area contributed by atoms with Gasteiger partial charge in [-0.15, -0.1) is 0 Å². The van der Waals surface area contributed by atoms with E-state index >= 15 is 0 Å². The van der Waals surface area contributed by atoms with Gasteiger partial charge in [0.2, 0.25) is 0 Å². The number of hydrogen-bond donors (Lipinski definition) is 0. The van der Waals surface area contributed by atoms with Crippen LogP contribution in [-0.2, 0) is 11.6 Å². The summed E-state index contributed by atoms with van der Waals surface area (Å²) in [6, 6.07) is 11.3. The number of rotatable bonds is 1. The van der Waals surface area contributed by atoms with Gasteiger partial charge in [-0.2, -0.15) is 13.2 Å². The highest BCUT2D eigenvalue weighted by Gasteiger charge is 2.30. The zero-order valence-corrected chi connectivity index (χ0v) is 12.7. The van der Waals surface area contributed by atoms with E-state index in [1.807, 2.05) is 25.1 Å². The largest absolute Gasteiger partial charge is 0.416 e. The Kier molecular flexibility index (Phi) is 3.87. The number of alkyl halides is 3.